The van der Waals surface area contributed by atoms with Crippen LogP contribution in [0.1, 0.15) is 26.3 Å². The van der Waals surface area contributed by atoms with Crippen LogP contribution in [0.4, 0.5) is 4.79 Å². The van der Waals surface area contributed by atoms with Crippen LogP contribution in [-0.2, 0) is 14.3 Å². The summed E-state index contributed by atoms with van der Waals surface area (Å²) in [6, 6.07) is 5.02. The quantitative estimate of drug-likeness (QED) is 0.550. The van der Waals surface area contributed by atoms with Crippen molar-refractivity contribution in [1.82, 2.24) is 4.90 Å². The molecule has 8 heteroatoms. The molecule has 2 amide bonds. The van der Waals surface area contributed by atoms with Gasteiger partial charge in [0.15, 0.2) is 0 Å². The van der Waals surface area contributed by atoms with Crippen molar-refractivity contribution in [3.8, 4) is 5.75 Å². The van der Waals surface area contributed by atoms with E-state index in [2.05, 4.69) is 0 Å². The van der Waals surface area contributed by atoms with E-state index in [-0.39, 0.29) is 11.0 Å². The number of carbonyl (C=O) groups excluding carboxylic acids is 3. The Morgan fingerprint density at radius 2 is 2.08 bits per heavy atom. The number of carbonyl (C=O) groups is 3. The molecule has 0 aliphatic carbocycles. The highest BCUT2D eigenvalue weighted by Crippen LogP contribution is 2.34. The number of nitrogens with zero attached hydrogens (tertiary/aromatic N) is 1. The van der Waals surface area contributed by atoms with E-state index in [1.54, 1.807) is 32.0 Å². The fourth-order valence-corrected chi connectivity index (χ4v) is 3.14. The number of halogens is 1. The Morgan fingerprint density at radius 1 is 1.36 bits per heavy atom. The van der Waals surface area contributed by atoms with Crippen molar-refractivity contribution in [2.75, 3.05) is 13.2 Å². The van der Waals surface area contributed by atoms with Gasteiger partial charge in [-0.05, 0) is 56.8 Å². The van der Waals surface area contributed by atoms with Crippen molar-refractivity contribution < 1.29 is 23.9 Å². The minimum absolute atomic E-state index is 0.200. The van der Waals surface area contributed by atoms with E-state index in [9.17, 15) is 14.4 Å². The fraction of sp³-hybridized carbons (Fsp3) is 0.353. The average molecular weight is 384 g/mol. The van der Waals surface area contributed by atoms with Crippen LogP contribution >= 0.6 is 23.4 Å². The van der Waals surface area contributed by atoms with Gasteiger partial charge in [-0.2, -0.15) is 0 Å². The van der Waals surface area contributed by atoms with E-state index in [4.69, 9.17) is 21.1 Å². The van der Waals surface area contributed by atoms with Gasteiger partial charge in [0.2, 0.25) is 0 Å². The first-order valence-corrected chi connectivity index (χ1v) is 8.88. The lowest BCUT2D eigenvalue weighted by Crippen LogP contribution is -2.35. The van der Waals surface area contributed by atoms with E-state index < -0.39 is 23.7 Å². The van der Waals surface area contributed by atoms with Gasteiger partial charge < -0.3 is 9.47 Å². The number of esters is 1. The predicted octanol–water partition coefficient (Wildman–Crippen LogP) is 3.73. The zero-order chi connectivity index (χ0) is 18.6. The summed E-state index contributed by atoms with van der Waals surface area (Å²) in [5, 5.41) is -0.0358. The van der Waals surface area contributed by atoms with Crippen LogP contribution in [0.15, 0.2) is 23.1 Å². The summed E-state index contributed by atoms with van der Waals surface area (Å²) in [7, 11) is 0. The molecular formula is C17H18ClNO5S. The van der Waals surface area contributed by atoms with Crippen LogP contribution in [0.25, 0.3) is 6.08 Å². The molecule has 1 fully saturated rings. The first-order valence-electron chi connectivity index (χ1n) is 7.69. The lowest BCUT2D eigenvalue weighted by atomic mass is 10.2. The number of amides is 2. The Balaban J connectivity index is 2.23. The van der Waals surface area contributed by atoms with Crippen molar-refractivity contribution in [2.45, 2.75) is 26.9 Å². The Bertz CT molecular complexity index is 732. The molecule has 1 heterocycles. The van der Waals surface area contributed by atoms with Crippen molar-refractivity contribution in [3.05, 3.63) is 33.7 Å². The summed E-state index contributed by atoms with van der Waals surface area (Å²) in [5.41, 5.74) is 0.588. The number of rotatable bonds is 6. The lowest BCUT2D eigenvalue weighted by Gasteiger charge is -2.13. The highest BCUT2D eigenvalue weighted by atomic mass is 35.5. The van der Waals surface area contributed by atoms with E-state index >= 15 is 0 Å². The Kier molecular flexibility index (Phi) is 6.50. The van der Waals surface area contributed by atoms with Gasteiger partial charge >= 0.3 is 5.97 Å². The number of benzene rings is 1. The molecule has 134 valence electrons. The molecular weight excluding hydrogens is 366 g/mol. The van der Waals surface area contributed by atoms with Gasteiger partial charge in [0.1, 0.15) is 12.3 Å². The van der Waals surface area contributed by atoms with Gasteiger partial charge in [0, 0.05) is 10.6 Å². The van der Waals surface area contributed by atoms with Crippen molar-refractivity contribution in [3.63, 3.8) is 0 Å². The molecule has 0 N–H and O–H groups in total. The molecule has 1 aromatic carbocycles. The number of hydrogen-bond donors (Lipinski definition) is 0. The first kappa shape index (κ1) is 19.3. The minimum Gasteiger partial charge on any atom is -0.493 e. The van der Waals surface area contributed by atoms with Crippen LogP contribution < -0.4 is 4.74 Å². The molecule has 1 aliphatic heterocycles. The van der Waals surface area contributed by atoms with E-state index in [1.807, 2.05) is 6.92 Å². The van der Waals surface area contributed by atoms with Gasteiger partial charge in [-0.3, -0.25) is 19.3 Å². The van der Waals surface area contributed by atoms with Crippen molar-refractivity contribution in [1.29, 1.82) is 0 Å². The fourth-order valence-electron chi connectivity index (χ4n) is 2.13. The molecule has 0 unspecified atom stereocenters. The minimum atomic E-state index is -0.628. The lowest BCUT2D eigenvalue weighted by molar-refractivity contribution is -0.149. The molecule has 0 aromatic heterocycles. The van der Waals surface area contributed by atoms with E-state index in [0.717, 1.165) is 16.7 Å². The highest BCUT2D eigenvalue weighted by Gasteiger charge is 2.37. The van der Waals surface area contributed by atoms with Crippen LogP contribution in [0.2, 0.25) is 5.02 Å². The summed E-state index contributed by atoms with van der Waals surface area (Å²) in [4.78, 5) is 37.3. The smallest absolute Gasteiger partial charge is 0.326 e. The monoisotopic (exact) mass is 383 g/mol. The maximum absolute atomic E-state index is 12.4. The molecule has 1 aliphatic rings. The third-order valence-corrected chi connectivity index (χ3v) is 4.23. The molecule has 1 aromatic rings. The normalized spacial score (nSPS) is 16.0. The van der Waals surface area contributed by atoms with Gasteiger partial charge in [-0.1, -0.05) is 11.6 Å². The molecule has 2 rings (SSSR count). The second kappa shape index (κ2) is 8.40. The molecule has 0 spiro atoms. The topological polar surface area (TPSA) is 72.9 Å². The summed E-state index contributed by atoms with van der Waals surface area (Å²) in [5.74, 6) is -0.618. The maximum Gasteiger partial charge on any atom is 0.326 e. The number of thioether (sulfide) groups is 1. The van der Waals surface area contributed by atoms with Crippen molar-refractivity contribution in [2.24, 2.45) is 0 Å². The predicted molar refractivity (Wildman–Crippen MR) is 96.5 cm³/mol. The van der Waals surface area contributed by atoms with Crippen LogP contribution in [0.5, 0.6) is 5.75 Å². The van der Waals surface area contributed by atoms with Gasteiger partial charge in [0.05, 0.1) is 17.6 Å². The molecule has 6 nitrogen and oxygen atoms in total. The summed E-state index contributed by atoms with van der Waals surface area (Å²) >= 11 is 6.76. The zero-order valence-corrected chi connectivity index (χ0v) is 15.6. The summed E-state index contributed by atoms with van der Waals surface area (Å²) < 4.78 is 10.5. The van der Waals surface area contributed by atoms with Gasteiger partial charge in [-0.25, -0.2) is 0 Å². The first-order chi connectivity index (χ1) is 11.8. The van der Waals surface area contributed by atoms with E-state index in [0.29, 0.717) is 22.9 Å². The Labute approximate surface area is 155 Å². The van der Waals surface area contributed by atoms with Crippen LogP contribution in [-0.4, -0.2) is 41.3 Å². The third kappa shape index (κ3) is 4.99. The van der Waals surface area contributed by atoms with Gasteiger partial charge in [0.25, 0.3) is 11.1 Å². The molecule has 25 heavy (non-hydrogen) atoms. The van der Waals surface area contributed by atoms with E-state index in [1.165, 1.54) is 6.08 Å². The standard InChI is InChI=1S/C17H18ClNO5S/c1-4-23-13-6-5-12(18)7-11(13)8-14-16(21)19(17(22)25-14)9-15(20)24-10(2)3/h5-8,10H,4,9H2,1-3H3. The second-order valence-electron chi connectivity index (χ2n) is 5.42. The zero-order valence-electron chi connectivity index (χ0n) is 14.1. The molecule has 0 radical (unpaired) electrons. The second-order valence-corrected chi connectivity index (χ2v) is 6.85. The van der Waals surface area contributed by atoms with Crippen molar-refractivity contribution >= 4 is 46.6 Å². The largest absolute Gasteiger partial charge is 0.493 e. The molecule has 0 saturated carbocycles. The summed E-state index contributed by atoms with van der Waals surface area (Å²) in [6.45, 7) is 5.27. The summed E-state index contributed by atoms with van der Waals surface area (Å²) in [6.07, 6.45) is 1.22. The molecule has 1 saturated heterocycles. The maximum atomic E-state index is 12.4. The SMILES string of the molecule is CCOc1ccc(Cl)cc1C=C1SC(=O)N(CC(=O)OC(C)C)C1=O. The number of imide groups is 1. The Morgan fingerprint density at radius 3 is 2.72 bits per heavy atom. The molecule has 0 atom stereocenters. The van der Waals surface area contributed by atoms with Gasteiger partial charge in [-0.15, -0.1) is 0 Å². The average Bonchev–Trinajstić information content (AvgIpc) is 2.77. The highest BCUT2D eigenvalue weighted by molar-refractivity contribution is 8.18. The van der Waals surface area contributed by atoms with Crippen LogP contribution in [0.3, 0.4) is 0 Å². The van der Waals surface area contributed by atoms with Crippen LogP contribution in [0, 0.1) is 0 Å². The Hall–Kier alpha value is -1.99. The third-order valence-electron chi connectivity index (χ3n) is 3.09. The number of hydrogen-bond acceptors (Lipinski definition) is 6. The molecule has 0 bridgehead atoms. The number of ether oxygens (including phenoxy) is 2.